The van der Waals surface area contributed by atoms with E-state index in [0.29, 0.717) is 34.1 Å². The Morgan fingerprint density at radius 3 is 2.17 bits per heavy atom. The van der Waals surface area contributed by atoms with Crippen LogP contribution in [-0.4, -0.2) is 39.2 Å². The van der Waals surface area contributed by atoms with Gasteiger partial charge in [0.15, 0.2) is 0 Å². The summed E-state index contributed by atoms with van der Waals surface area (Å²) in [6.07, 6.45) is 2.42. The van der Waals surface area contributed by atoms with E-state index in [1.54, 1.807) is 52.3 Å². The predicted molar refractivity (Wildman–Crippen MR) is 158 cm³/mol. The number of rotatable bonds is 9. The molecule has 0 saturated carbocycles. The van der Waals surface area contributed by atoms with E-state index < -0.39 is 18.1 Å². The van der Waals surface area contributed by atoms with Gasteiger partial charge in [-0.15, -0.1) is 0 Å². The predicted octanol–water partition coefficient (Wildman–Crippen LogP) is 7.38. The highest BCUT2D eigenvalue weighted by atomic mass is 35.5. The Labute approximate surface area is 244 Å². The maximum Gasteiger partial charge on any atom is 0.303 e. The summed E-state index contributed by atoms with van der Waals surface area (Å²) < 4.78 is 0. The molecule has 0 aliphatic carbocycles. The van der Waals surface area contributed by atoms with Gasteiger partial charge in [-0.1, -0.05) is 65.2 Å². The van der Waals surface area contributed by atoms with Crippen LogP contribution in [-0.2, 0) is 14.4 Å². The normalized spacial score (nSPS) is 16.5. The lowest BCUT2D eigenvalue weighted by molar-refractivity contribution is -0.142. The number of halogens is 2. The SMILES string of the molecule is Cc1ccc(C)c(C2=CC(=O)N(C(C)c3ccc(Cl)cc3)C(c3ccc(Cl)cc3)C(=O)N2CCCCC(=O)O)c1. The van der Waals surface area contributed by atoms with Crippen molar-refractivity contribution in [1.82, 2.24) is 9.80 Å². The number of carboxylic acids is 1. The van der Waals surface area contributed by atoms with Crippen molar-refractivity contribution in [1.29, 1.82) is 0 Å². The summed E-state index contributed by atoms with van der Waals surface area (Å²) in [7, 11) is 0. The molecule has 0 radical (unpaired) electrons. The summed E-state index contributed by atoms with van der Waals surface area (Å²) in [5.41, 5.74) is 4.69. The van der Waals surface area contributed by atoms with Crippen LogP contribution in [0.2, 0.25) is 10.0 Å². The van der Waals surface area contributed by atoms with Gasteiger partial charge in [0.25, 0.3) is 5.91 Å². The molecule has 2 amide bonds. The molecule has 1 aliphatic heterocycles. The second-order valence-corrected chi connectivity index (χ2v) is 11.0. The lowest BCUT2D eigenvalue weighted by Crippen LogP contribution is -2.43. The van der Waals surface area contributed by atoms with E-state index in [0.717, 1.165) is 22.3 Å². The minimum atomic E-state index is -0.936. The van der Waals surface area contributed by atoms with Gasteiger partial charge in [-0.05, 0) is 80.6 Å². The Balaban J connectivity index is 1.88. The highest BCUT2D eigenvalue weighted by molar-refractivity contribution is 6.30. The van der Waals surface area contributed by atoms with Crippen molar-refractivity contribution in [3.8, 4) is 0 Å². The Morgan fingerprint density at radius 2 is 1.55 bits per heavy atom. The Bertz CT molecular complexity index is 1430. The molecule has 4 rings (SSSR count). The largest absolute Gasteiger partial charge is 0.481 e. The summed E-state index contributed by atoms with van der Waals surface area (Å²) in [5, 5.41) is 10.2. The number of amides is 2. The zero-order valence-corrected chi connectivity index (χ0v) is 24.2. The van der Waals surface area contributed by atoms with Crippen molar-refractivity contribution in [2.75, 3.05) is 6.54 Å². The standard InChI is InChI=1S/C32H32Cl2N2O4/c1-20-7-8-21(2)27(18-20)28-19-29(37)36(22(3)23-9-13-25(33)14-10-23)31(24-11-15-26(34)16-12-24)32(40)35(28)17-5-4-6-30(38)39/h7-16,18-19,22,31H,4-6,17H2,1-3H3,(H,38,39). The lowest BCUT2D eigenvalue weighted by Gasteiger charge is -2.36. The van der Waals surface area contributed by atoms with Crippen LogP contribution in [0, 0.1) is 13.8 Å². The molecule has 2 unspecified atom stereocenters. The number of benzene rings is 3. The van der Waals surface area contributed by atoms with Gasteiger partial charge >= 0.3 is 5.97 Å². The van der Waals surface area contributed by atoms with Gasteiger partial charge in [0.05, 0.1) is 11.7 Å². The van der Waals surface area contributed by atoms with Crippen LogP contribution in [0.1, 0.15) is 66.1 Å². The van der Waals surface area contributed by atoms with E-state index in [4.69, 9.17) is 28.3 Å². The van der Waals surface area contributed by atoms with Crippen molar-refractivity contribution in [3.63, 3.8) is 0 Å². The highest BCUT2D eigenvalue weighted by Gasteiger charge is 2.41. The molecule has 3 aromatic rings. The summed E-state index contributed by atoms with van der Waals surface area (Å²) >= 11 is 12.3. The third kappa shape index (κ3) is 6.57. The Kier molecular flexibility index (Phi) is 9.33. The zero-order valence-electron chi connectivity index (χ0n) is 22.7. The molecule has 208 valence electrons. The van der Waals surface area contributed by atoms with Gasteiger partial charge in [0, 0.05) is 34.7 Å². The zero-order chi connectivity index (χ0) is 29.0. The van der Waals surface area contributed by atoms with E-state index in [1.165, 1.54) is 0 Å². The van der Waals surface area contributed by atoms with E-state index in [2.05, 4.69) is 0 Å². The highest BCUT2D eigenvalue weighted by Crippen LogP contribution is 2.39. The molecule has 0 fully saturated rings. The quantitative estimate of drug-likeness (QED) is 0.269. The second kappa shape index (κ2) is 12.7. The number of aryl methyl sites for hydroxylation is 2. The molecule has 1 heterocycles. The molecule has 1 aliphatic rings. The Hall–Kier alpha value is -3.61. The first-order chi connectivity index (χ1) is 19.1. The second-order valence-electron chi connectivity index (χ2n) is 10.1. The molecule has 6 nitrogen and oxygen atoms in total. The number of unbranched alkanes of at least 4 members (excludes halogenated alkanes) is 1. The van der Waals surface area contributed by atoms with Crippen LogP contribution in [0.5, 0.6) is 0 Å². The topological polar surface area (TPSA) is 77.9 Å². The monoisotopic (exact) mass is 578 g/mol. The first kappa shape index (κ1) is 29.4. The molecule has 0 bridgehead atoms. The molecule has 0 saturated heterocycles. The van der Waals surface area contributed by atoms with Gasteiger partial charge < -0.3 is 14.9 Å². The summed E-state index contributed by atoms with van der Waals surface area (Å²) in [4.78, 5) is 43.2. The number of nitrogens with zero attached hydrogens (tertiary/aromatic N) is 2. The minimum absolute atomic E-state index is 0.00379. The lowest BCUT2D eigenvalue weighted by atomic mass is 9.98. The third-order valence-corrected chi connectivity index (χ3v) is 7.73. The first-order valence-corrected chi connectivity index (χ1v) is 14.0. The fraction of sp³-hybridized carbons (Fsp3) is 0.281. The Morgan fingerprint density at radius 1 is 0.925 bits per heavy atom. The molecule has 3 aromatic carbocycles. The van der Waals surface area contributed by atoms with Crippen molar-refractivity contribution >= 4 is 46.7 Å². The van der Waals surface area contributed by atoms with E-state index in [9.17, 15) is 14.4 Å². The number of carboxylic acid groups (broad SMARTS) is 1. The van der Waals surface area contributed by atoms with Crippen molar-refractivity contribution < 1.29 is 19.5 Å². The van der Waals surface area contributed by atoms with Crippen LogP contribution in [0.3, 0.4) is 0 Å². The summed E-state index contributed by atoms with van der Waals surface area (Å²) in [6, 6.07) is 18.7. The van der Waals surface area contributed by atoms with Crippen LogP contribution >= 0.6 is 23.2 Å². The third-order valence-electron chi connectivity index (χ3n) is 7.23. The number of hydrogen-bond acceptors (Lipinski definition) is 3. The molecular weight excluding hydrogens is 547 g/mol. The number of hydrogen-bond donors (Lipinski definition) is 1. The van der Waals surface area contributed by atoms with Crippen LogP contribution in [0.15, 0.2) is 72.8 Å². The average molecular weight is 580 g/mol. The van der Waals surface area contributed by atoms with Crippen molar-refractivity contribution in [2.45, 2.75) is 52.1 Å². The maximum atomic E-state index is 14.6. The molecular formula is C32H32Cl2N2O4. The number of carbonyl (C=O) groups excluding carboxylic acids is 2. The van der Waals surface area contributed by atoms with E-state index in [1.807, 2.05) is 51.1 Å². The number of carbonyl (C=O) groups is 3. The molecule has 40 heavy (non-hydrogen) atoms. The first-order valence-electron chi connectivity index (χ1n) is 13.2. The summed E-state index contributed by atoms with van der Waals surface area (Å²) in [5.74, 6) is -1.46. The summed E-state index contributed by atoms with van der Waals surface area (Å²) in [6.45, 7) is 6.08. The van der Waals surface area contributed by atoms with Crippen LogP contribution in [0.25, 0.3) is 5.70 Å². The molecule has 0 aromatic heterocycles. The van der Waals surface area contributed by atoms with Crippen molar-refractivity contribution in [2.24, 2.45) is 0 Å². The van der Waals surface area contributed by atoms with Gasteiger partial charge in [0.2, 0.25) is 5.91 Å². The fourth-order valence-corrected chi connectivity index (χ4v) is 5.31. The fourth-order valence-electron chi connectivity index (χ4n) is 5.06. The van der Waals surface area contributed by atoms with Gasteiger partial charge in [0.1, 0.15) is 6.04 Å². The molecule has 2 atom stereocenters. The maximum absolute atomic E-state index is 14.6. The minimum Gasteiger partial charge on any atom is -0.481 e. The van der Waals surface area contributed by atoms with Gasteiger partial charge in [-0.2, -0.15) is 0 Å². The van der Waals surface area contributed by atoms with Gasteiger partial charge in [-0.3, -0.25) is 14.4 Å². The van der Waals surface area contributed by atoms with Crippen molar-refractivity contribution in [3.05, 3.63) is 111 Å². The van der Waals surface area contributed by atoms with Crippen LogP contribution in [0.4, 0.5) is 0 Å². The van der Waals surface area contributed by atoms with E-state index >= 15 is 0 Å². The van der Waals surface area contributed by atoms with Crippen LogP contribution < -0.4 is 0 Å². The molecule has 1 N–H and O–H groups in total. The number of aliphatic carboxylic acids is 1. The smallest absolute Gasteiger partial charge is 0.303 e. The average Bonchev–Trinajstić information content (AvgIpc) is 3.02. The van der Waals surface area contributed by atoms with E-state index in [-0.39, 0.29) is 24.8 Å². The molecule has 0 spiro atoms. The van der Waals surface area contributed by atoms with Gasteiger partial charge in [-0.25, -0.2) is 0 Å². The molecule has 8 heteroatoms.